The smallest absolute Gasteiger partial charge is 0.310 e. The predicted octanol–water partition coefficient (Wildman–Crippen LogP) is 4.67. The molecule has 4 heteroatoms. The van der Waals surface area contributed by atoms with Crippen molar-refractivity contribution in [1.82, 2.24) is 4.90 Å². The van der Waals surface area contributed by atoms with Crippen LogP contribution in [-0.4, -0.2) is 41.7 Å². The Bertz CT molecular complexity index is 815. The third-order valence-corrected chi connectivity index (χ3v) is 8.01. The van der Waals surface area contributed by atoms with Crippen molar-refractivity contribution in [1.29, 1.82) is 0 Å². The minimum Gasteiger partial charge on any atom is -0.462 e. The van der Waals surface area contributed by atoms with E-state index < -0.39 is 5.60 Å². The Labute approximate surface area is 181 Å². The van der Waals surface area contributed by atoms with Crippen LogP contribution in [0.1, 0.15) is 65.4 Å². The summed E-state index contributed by atoms with van der Waals surface area (Å²) in [5.74, 6) is 0.126. The molecule has 1 saturated carbocycles. The zero-order valence-corrected chi connectivity index (χ0v) is 19.0. The van der Waals surface area contributed by atoms with Crippen LogP contribution in [0.5, 0.6) is 0 Å². The van der Waals surface area contributed by atoms with E-state index in [0.29, 0.717) is 13.1 Å². The van der Waals surface area contributed by atoms with Gasteiger partial charge in [-0.3, -0.25) is 9.69 Å². The van der Waals surface area contributed by atoms with Crippen molar-refractivity contribution in [3.05, 3.63) is 47.0 Å². The molecule has 0 bridgehead atoms. The van der Waals surface area contributed by atoms with E-state index >= 15 is 0 Å². The molecular formula is C26H37NO3. The number of esters is 1. The fraction of sp³-hybridized carbons (Fsp3) is 0.654. The van der Waals surface area contributed by atoms with Crippen molar-refractivity contribution in [2.24, 2.45) is 17.3 Å². The SMILES string of the molecule is CCN(CC1C(=O)OC2CC3(C)CCCC(C)=C3CC21)CC(C)(O)c1ccccc1. The molecule has 0 spiro atoms. The van der Waals surface area contributed by atoms with E-state index in [1.165, 1.54) is 19.3 Å². The van der Waals surface area contributed by atoms with E-state index in [0.717, 1.165) is 24.9 Å². The molecule has 1 aromatic rings. The lowest BCUT2D eigenvalue weighted by Crippen LogP contribution is -2.44. The highest BCUT2D eigenvalue weighted by molar-refractivity contribution is 5.76. The molecule has 2 aliphatic carbocycles. The van der Waals surface area contributed by atoms with Crippen molar-refractivity contribution in [3.63, 3.8) is 0 Å². The van der Waals surface area contributed by atoms with Gasteiger partial charge in [0.15, 0.2) is 0 Å². The average Bonchev–Trinajstić information content (AvgIpc) is 3.00. The summed E-state index contributed by atoms with van der Waals surface area (Å²) in [5, 5.41) is 11.1. The van der Waals surface area contributed by atoms with E-state index in [1.807, 2.05) is 37.3 Å². The minimum atomic E-state index is -0.952. The van der Waals surface area contributed by atoms with Crippen LogP contribution < -0.4 is 0 Å². The number of aliphatic hydroxyl groups is 1. The highest BCUT2D eigenvalue weighted by atomic mass is 16.6. The third-order valence-electron chi connectivity index (χ3n) is 8.01. The molecule has 2 fully saturated rings. The minimum absolute atomic E-state index is 0.0386. The lowest BCUT2D eigenvalue weighted by atomic mass is 9.59. The number of rotatable bonds is 6. The molecule has 0 aromatic heterocycles. The fourth-order valence-electron chi connectivity index (χ4n) is 6.23. The number of nitrogens with zero attached hydrogens (tertiary/aromatic N) is 1. The van der Waals surface area contributed by atoms with Crippen LogP contribution in [0.4, 0.5) is 0 Å². The third kappa shape index (κ3) is 3.97. The molecule has 30 heavy (non-hydrogen) atoms. The summed E-state index contributed by atoms with van der Waals surface area (Å²) in [5.41, 5.74) is 3.30. The molecule has 0 radical (unpaired) electrons. The standard InChI is InChI=1S/C26H37NO3/c1-5-27(17-26(4,29)19-11-7-6-8-12-19)16-21-20-14-22-18(2)10-9-13-25(22,3)15-23(20)30-24(21)28/h6-8,11-12,20-21,23,29H,5,9-10,13-17H2,1-4H3. The monoisotopic (exact) mass is 411 g/mol. The van der Waals surface area contributed by atoms with Crippen LogP contribution in [0.15, 0.2) is 41.5 Å². The van der Waals surface area contributed by atoms with Gasteiger partial charge in [0.2, 0.25) is 0 Å². The predicted molar refractivity (Wildman–Crippen MR) is 119 cm³/mol. The van der Waals surface area contributed by atoms with Gasteiger partial charge in [-0.15, -0.1) is 0 Å². The van der Waals surface area contributed by atoms with Gasteiger partial charge in [-0.05, 0) is 63.5 Å². The highest BCUT2D eigenvalue weighted by Gasteiger charge is 2.53. The molecule has 1 aromatic carbocycles. The molecule has 1 aliphatic heterocycles. The van der Waals surface area contributed by atoms with Crippen molar-refractivity contribution in [2.75, 3.05) is 19.6 Å². The van der Waals surface area contributed by atoms with Gasteiger partial charge in [0, 0.05) is 19.0 Å². The number of allylic oxidation sites excluding steroid dienone is 2. The molecule has 1 heterocycles. The molecule has 0 amide bonds. The van der Waals surface area contributed by atoms with Gasteiger partial charge < -0.3 is 9.84 Å². The first-order valence-corrected chi connectivity index (χ1v) is 11.6. The first kappa shape index (κ1) is 21.6. The molecular weight excluding hydrogens is 374 g/mol. The lowest BCUT2D eigenvalue weighted by molar-refractivity contribution is -0.145. The van der Waals surface area contributed by atoms with Crippen LogP contribution in [0, 0.1) is 17.3 Å². The topological polar surface area (TPSA) is 49.8 Å². The summed E-state index contributed by atoms with van der Waals surface area (Å²) in [6.45, 7) is 10.6. The van der Waals surface area contributed by atoms with Gasteiger partial charge in [-0.2, -0.15) is 0 Å². The summed E-state index contributed by atoms with van der Waals surface area (Å²) in [6.07, 6.45) is 5.68. The van der Waals surface area contributed by atoms with E-state index in [4.69, 9.17) is 4.74 Å². The van der Waals surface area contributed by atoms with Crippen molar-refractivity contribution < 1.29 is 14.6 Å². The van der Waals surface area contributed by atoms with Crippen LogP contribution in [0.2, 0.25) is 0 Å². The van der Waals surface area contributed by atoms with Gasteiger partial charge in [0.1, 0.15) is 6.10 Å². The van der Waals surface area contributed by atoms with Gasteiger partial charge in [-0.1, -0.05) is 55.3 Å². The molecule has 4 rings (SSSR count). The van der Waals surface area contributed by atoms with Crippen LogP contribution in [-0.2, 0) is 15.1 Å². The van der Waals surface area contributed by atoms with Crippen LogP contribution in [0.3, 0.4) is 0 Å². The Hall–Kier alpha value is -1.65. The van der Waals surface area contributed by atoms with E-state index in [-0.39, 0.29) is 29.3 Å². The number of likely N-dealkylation sites (N-methyl/N-ethyl adjacent to an activating group) is 1. The second kappa shape index (κ2) is 8.12. The Morgan fingerprint density at radius 3 is 2.73 bits per heavy atom. The maximum absolute atomic E-state index is 12.9. The second-order valence-corrected chi connectivity index (χ2v) is 10.3. The van der Waals surface area contributed by atoms with Gasteiger partial charge >= 0.3 is 5.97 Å². The Kier molecular flexibility index (Phi) is 5.84. The summed E-state index contributed by atoms with van der Waals surface area (Å²) in [7, 11) is 0. The largest absolute Gasteiger partial charge is 0.462 e. The van der Waals surface area contributed by atoms with Crippen molar-refractivity contribution in [2.45, 2.75) is 71.5 Å². The maximum atomic E-state index is 12.9. The Morgan fingerprint density at radius 1 is 1.30 bits per heavy atom. The lowest BCUT2D eigenvalue weighted by Gasteiger charge is -2.46. The fourth-order valence-corrected chi connectivity index (χ4v) is 6.23. The van der Waals surface area contributed by atoms with Crippen LogP contribution in [0.25, 0.3) is 0 Å². The van der Waals surface area contributed by atoms with E-state index in [2.05, 4.69) is 25.7 Å². The van der Waals surface area contributed by atoms with E-state index in [9.17, 15) is 9.90 Å². The zero-order valence-electron chi connectivity index (χ0n) is 19.0. The highest BCUT2D eigenvalue weighted by Crippen LogP contribution is 2.55. The first-order chi connectivity index (χ1) is 14.2. The van der Waals surface area contributed by atoms with Crippen molar-refractivity contribution >= 4 is 5.97 Å². The zero-order chi connectivity index (χ0) is 21.5. The first-order valence-electron chi connectivity index (χ1n) is 11.6. The summed E-state index contributed by atoms with van der Waals surface area (Å²) in [6, 6.07) is 9.81. The molecule has 5 atom stereocenters. The molecule has 1 N–H and O–H groups in total. The van der Waals surface area contributed by atoms with Gasteiger partial charge in [0.05, 0.1) is 11.5 Å². The molecule has 4 nitrogen and oxygen atoms in total. The molecule has 3 aliphatic rings. The summed E-state index contributed by atoms with van der Waals surface area (Å²) in [4.78, 5) is 15.1. The average molecular weight is 412 g/mol. The van der Waals surface area contributed by atoms with Gasteiger partial charge in [-0.25, -0.2) is 0 Å². The normalized spacial score (nSPS) is 33.1. The molecule has 5 unspecified atom stereocenters. The number of carbonyl (C=O) groups excluding carboxylic acids is 1. The van der Waals surface area contributed by atoms with Crippen molar-refractivity contribution in [3.8, 4) is 0 Å². The number of benzene rings is 1. The van der Waals surface area contributed by atoms with E-state index in [1.54, 1.807) is 11.1 Å². The van der Waals surface area contributed by atoms with Gasteiger partial charge in [0.25, 0.3) is 0 Å². The second-order valence-electron chi connectivity index (χ2n) is 10.3. The summed E-state index contributed by atoms with van der Waals surface area (Å²) < 4.78 is 5.94. The van der Waals surface area contributed by atoms with Crippen LogP contribution >= 0.6 is 0 Å². The Balaban J connectivity index is 1.50. The molecule has 164 valence electrons. The Morgan fingerprint density at radius 2 is 2.03 bits per heavy atom. The summed E-state index contributed by atoms with van der Waals surface area (Å²) >= 11 is 0. The maximum Gasteiger partial charge on any atom is 0.310 e. The number of hydrogen-bond acceptors (Lipinski definition) is 4. The number of hydrogen-bond donors (Lipinski definition) is 1. The number of carbonyl (C=O) groups is 1. The number of fused-ring (bicyclic) bond motifs is 2. The number of ether oxygens (including phenoxy) is 1. The quantitative estimate of drug-likeness (QED) is 0.546. The molecule has 1 saturated heterocycles.